The zero-order chi connectivity index (χ0) is 19.3. The molecule has 1 N–H and O–H groups in total. The molecule has 2 rings (SSSR count). The molecule has 0 aliphatic heterocycles. The Morgan fingerprint density at radius 1 is 1.00 bits per heavy atom. The van der Waals surface area contributed by atoms with Crippen LogP contribution in [0.2, 0.25) is 0 Å². The highest BCUT2D eigenvalue weighted by molar-refractivity contribution is 8.00. The fraction of sp³-hybridized carbons (Fsp3) is 0.286. The number of carbonyl (C=O) groups is 1. The summed E-state index contributed by atoms with van der Waals surface area (Å²) < 4.78 is 19.3. The van der Waals surface area contributed by atoms with Gasteiger partial charge in [0.2, 0.25) is 0 Å². The van der Waals surface area contributed by atoms with E-state index in [0.717, 1.165) is 31.6 Å². The van der Waals surface area contributed by atoms with E-state index < -0.39 is 5.97 Å². The van der Waals surface area contributed by atoms with E-state index in [1.54, 1.807) is 61.0 Å². The molecule has 0 saturated heterocycles. The van der Waals surface area contributed by atoms with Gasteiger partial charge >= 0.3 is 5.97 Å². The molecule has 0 atom stereocenters. The Balaban J connectivity index is 1.70. The van der Waals surface area contributed by atoms with Gasteiger partial charge in [-0.15, -0.1) is 0 Å². The van der Waals surface area contributed by atoms with E-state index in [4.69, 9.17) is 14.2 Å². The van der Waals surface area contributed by atoms with Crippen LogP contribution in [-0.2, 0) is 0 Å². The molecule has 0 unspecified atom stereocenters. The van der Waals surface area contributed by atoms with Gasteiger partial charge in [0.25, 0.3) is 0 Å². The Kier molecular flexibility index (Phi) is 9.30. The molecule has 0 aliphatic carbocycles. The Morgan fingerprint density at radius 3 is 2.33 bits per heavy atom. The maximum absolute atomic E-state index is 12.2. The number of benzene rings is 2. The molecule has 0 aromatic heterocycles. The van der Waals surface area contributed by atoms with Crippen molar-refractivity contribution in [2.24, 2.45) is 0 Å². The summed E-state index contributed by atoms with van der Waals surface area (Å²) in [5, 5.41) is 1.78. The lowest BCUT2D eigenvalue weighted by Crippen LogP contribution is -2.08. The van der Waals surface area contributed by atoms with Crippen molar-refractivity contribution in [2.75, 3.05) is 20.3 Å². The number of unbranched alkanes of at least 4 members (excludes halogenated alkanes) is 2. The van der Waals surface area contributed by atoms with Gasteiger partial charge in [-0.1, -0.05) is 18.5 Å². The van der Waals surface area contributed by atoms with Crippen LogP contribution in [0.4, 0.5) is 0 Å². The first kappa shape index (κ1) is 20.9. The molecule has 0 bridgehead atoms. The highest BCUT2D eigenvalue weighted by Crippen LogP contribution is 2.19. The molecular formula is C21H25NO4S. The third kappa shape index (κ3) is 7.76. The quantitative estimate of drug-likeness (QED) is 0.243. The maximum atomic E-state index is 12.2. The fourth-order valence-electron chi connectivity index (χ4n) is 2.28. The number of hydrogen-bond donors (Lipinski definition) is 1. The third-order valence-electron chi connectivity index (χ3n) is 3.72. The zero-order valence-corrected chi connectivity index (χ0v) is 16.3. The normalized spacial score (nSPS) is 10.3. The van der Waals surface area contributed by atoms with Gasteiger partial charge in [0.1, 0.15) is 17.2 Å². The molecule has 2 aromatic rings. The van der Waals surface area contributed by atoms with Crippen molar-refractivity contribution in [3.8, 4) is 17.2 Å². The summed E-state index contributed by atoms with van der Waals surface area (Å²) in [7, 11) is 1.59. The second kappa shape index (κ2) is 12.0. The molecule has 0 amide bonds. The van der Waals surface area contributed by atoms with Gasteiger partial charge in [-0.3, -0.25) is 4.72 Å². The zero-order valence-electron chi connectivity index (χ0n) is 15.5. The molecule has 0 fully saturated rings. The Bertz CT molecular complexity index is 701. The van der Waals surface area contributed by atoms with E-state index in [9.17, 15) is 4.79 Å². The summed E-state index contributed by atoms with van der Waals surface area (Å²) >= 11 is 1.51. The van der Waals surface area contributed by atoms with Gasteiger partial charge in [0.15, 0.2) is 0 Å². The minimum absolute atomic E-state index is 0.406. The second-order valence-corrected chi connectivity index (χ2v) is 6.54. The molecule has 0 heterocycles. The Hall–Kier alpha value is -2.44. The van der Waals surface area contributed by atoms with Crippen molar-refractivity contribution in [1.29, 1.82) is 0 Å². The first-order chi connectivity index (χ1) is 13.2. The van der Waals surface area contributed by atoms with Crippen LogP contribution in [0.25, 0.3) is 0 Å². The van der Waals surface area contributed by atoms with Crippen LogP contribution in [0, 0.1) is 0 Å². The topological polar surface area (TPSA) is 56.8 Å². The van der Waals surface area contributed by atoms with E-state index in [1.165, 1.54) is 11.9 Å². The number of hydrogen-bond acceptors (Lipinski definition) is 6. The Morgan fingerprint density at radius 2 is 1.67 bits per heavy atom. The second-order valence-electron chi connectivity index (χ2n) is 5.68. The highest BCUT2D eigenvalue weighted by Gasteiger charge is 2.09. The average molecular weight is 388 g/mol. The Labute approximate surface area is 164 Å². The molecule has 0 radical (unpaired) electrons. The van der Waals surface area contributed by atoms with Crippen molar-refractivity contribution in [3.63, 3.8) is 0 Å². The molecule has 144 valence electrons. The van der Waals surface area contributed by atoms with Crippen molar-refractivity contribution >= 4 is 17.9 Å². The predicted molar refractivity (Wildman–Crippen MR) is 110 cm³/mol. The summed E-state index contributed by atoms with van der Waals surface area (Å²) in [4.78, 5) is 12.2. The summed E-state index contributed by atoms with van der Waals surface area (Å²) in [6.45, 7) is 5.25. The van der Waals surface area contributed by atoms with Crippen LogP contribution < -0.4 is 18.9 Å². The fourth-order valence-corrected chi connectivity index (χ4v) is 2.66. The van der Waals surface area contributed by atoms with Gasteiger partial charge in [-0.2, -0.15) is 0 Å². The molecule has 6 heteroatoms. The molecule has 5 nitrogen and oxygen atoms in total. The van der Waals surface area contributed by atoms with Gasteiger partial charge in [-0.05, 0) is 73.2 Å². The van der Waals surface area contributed by atoms with Crippen LogP contribution in [0.5, 0.6) is 17.2 Å². The van der Waals surface area contributed by atoms with Crippen molar-refractivity contribution in [1.82, 2.24) is 4.72 Å². The predicted octanol–water partition coefficient (Wildman–Crippen LogP) is 4.84. The van der Waals surface area contributed by atoms with E-state index >= 15 is 0 Å². The first-order valence-corrected chi connectivity index (χ1v) is 9.69. The van der Waals surface area contributed by atoms with Crippen LogP contribution in [0.3, 0.4) is 0 Å². The van der Waals surface area contributed by atoms with Gasteiger partial charge in [0, 0.05) is 6.54 Å². The maximum Gasteiger partial charge on any atom is 0.343 e. The van der Waals surface area contributed by atoms with Crippen LogP contribution >= 0.6 is 11.9 Å². The highest BCUT2D eigenvalue weighted by atomic mass is 32.2. The lowest BCUT2D eigenvalue weighted by molar-refractivity contribution is 0.0734. The minimum Gasteiger partial charge on any atom is -0.497 e. The molecule has 0 saturated carbocycles. The summed E-state index contributed by atoms with van der Waals surface area (Å²) in [6, 6.07) is 13.9. The van der Waals surface area contributed by atoms with Gasteiger partial charge in [0.05, 0.1) is 19.3 Å². The largest absolute Gasteiger partial charge is 0.497 e. The summed E-state index contributed by atoms with van der Waals surface area (Å²) in [5.74, 6) is 1.53. The molecule has 27 heavy (non-hydrogen) atoms. The summed E-state index contributed by atoms with van der Waals surface area (Å²) in [6.07, 6.45) is 3.18. The SMILES string of the molecule is C=CSNCCCCCOc1ccc(C(=O)Oc2ccc(OC)cc2)cc1. The number of carbonyl (C=O) groups excluding carboxylic acids is 1. The average Bonchev–Trinajstić information content (AvgIpc) is 2.71. The molecule has 0 aliphatic rings. The monoisotopic (exact) mass is 387 g/mol. The van der Waals surface area contributed by atoms with E-state index in [-0.39, 0.29) is 0 Å². The number of methoxy groups -OCH3 is 1. The van der Waals surface area contributed by atoms with Crippen molar-refractivity contribution in [2.45, 2.75) is 19.3 Å². The third-order valence-corrected chi connectivity index (χ3v) is 4.26. The molecule has 0 spiro atoms. The van der Waals surface area contributed by atoms with E-state index in [0.29, 0.717) is 23.7 Å². The van der Waals surface area contributed by atoms with Crippen molar-refractivity contribution in [3.05, 3.63) is 66.1 Å². The number of ether oxygens (including phenoxy) is 3. The van der Waals surface area contributed by atoms with Crippen LogP contribution in [0.1, 0.15) is 29.6 Å². The summed E-state index contributed by atoms with van der Waals surface area (Å²) in [5.41, 5.74) is 0.476. The number of nitrogens with one attached hydrogen (secondary N) is 1. The van der Waals surface area contributed by atoms with Gasteiger partial charge < -0.3 is 14.2 Å². The van der Waals surface area contributed by atoms with E-state index in [2.05, 4.69) is 11.3 Å². The lowest BCUT2D eigenvalue weighted by Gasteiger charge is -2.08. The molecule has 2 aromatic carbocycles. The van der Waals surface area contributed by atoms with Gasteiger partial charge in [-0.25, -0.2) is 4.79 Å². The minimum atomic E-state index is -0.406. The first-order valence-electron chi connectivity index (χ1n) is 8.81. The van der Waals surface area contributed by atoms with E-state index in [1.807, 2.05) is 0 Å². The smallest absolute Gasteiger partial charge is 0.343 e. The van der Waals surface area contributed by atoms with Crippen LogP contribution in [-0.4, -0.2) is 26.2 Å². The van der Waals surface area contributed by atoms with Crippen LogP contribution in [0.15, 0.2) is 60.5 Å². The standard InChI is InChI=1S/C21H25NO4S/c1-3-27-22-15-5-4-6-16-25-19-9-7-17(8-10-19)21(23)26-20-13-11-18(24-2)12-14-20/h3,7-14,22H,1,4-6,15-16H2,2H3. The lowest BCUT2D eigenvalue weighted by atomic mass is 10.2. The van der Waals surface area contributed by atoms with Crippen molar-refractivity contribution < 1.29 is 19.0 Å². The number of esters is 1. The molecular weight excluding hydrogens is 362 g/mol. The number of rotatable bonds is 12.